The average Bonchev–Trinajstić information content (AvgIpc) is 2.86. The van der Waals surface area contributed by atoms with E-state index in [-0.39, 0.29) is 23.6 Å². The molecule has 2 N–H and O–H groups in total. The first kappa shape index (κ1) is 28.2. The van der Waals surface area contributed by atoms with Crippen LogP contribution in [0.3, 0.4) is 0 Å². The van der Waals surface area contributed by atoms with Gasteiger partial charge in [-0.1, -0.05) is 32.0 Å². The van der Waals surface area contributed by atoms with Gasteiger partial charge in [0, 0.05) is 30.7 Å². The van der Waals surface area contributed by atoms with Gasteiger partial charge in [0.1, 0.15) is 30.3 Å². The van der Waals surface area contributed by atoms with Crippen LogP contribution in [-0.2, 0) is 0 Å². The summed E-state index contributed by atoms with van der Waals surface area (Å²) in [6.07, 6.45) is 1.75. The molecule has 2 aromatic rings. The third-order valence-electron chi connectivity index (χ3n) is 5.61. The van der Waals surface area contributed by atoms with Crippen LogP contribution in [0, 0.1) is 11.3 Å². The second kappa shape index (κ2) is 14.3. The summed E-state index contributed by atoms with van der Waals surface area (Å²) in [7, 11) is 0. The summed E-state index contributed by atoms with van der Waals surface area (Å²) in [5, 5.41) is 23.3. The van der Waals surface area contributed by atoms with E-state index in [1.165, 1.54) is 0 Å². The number of amides is 1. The SMILES string of the molecule is CCCN(CCC)C(=O)c1ccc(OCC(O)CNC(C)(C)CCOc2ccccc2)c(C#N)c1. The maximum Gasteiger partial charge on any atom is 0.253 e. The number of nitrogens with zero attached hydrogens (tertiary/aromatic N) is 2. The van der Waals surface area contributed by atoms with Gasteiger partial charge in [-0.2, -0.15) is 5.26 Å². The number of β-amino-alcohol motifs (C(OH)–C–C–N with tert-alkyl or cyclic N) is 1. The summed E-state index contributed by atoms with van der Waals surface area (Å²) in [5.74, 6) is 1.11. The van der Waals surface area contributed by atoms with Crippen molar-refractivity contribution in [3.05, 3.63) is 59.7 Å². The molecule has 7 heteroatoms. The Morgan fingerprint density at radius 1 is 1.11 bits per heavy atom. The van der Waals surface area contributed by atoms with E-state index in [0.29, 0.717) is 37.6 Å². The van der Waals surface area contributed by atoms with Crippen molar-refractivity contribution in [2.45, 2.75) is 58.6 Å². The van der Waals surface area contributed by atoms with Crippen LogP contribution >= 0.6 is 0 Å². The van der Waals surface area contributed by atoms with Crippen molar-refractivity contribution in [2.24, 2.45) is 0 Å². The van der Waals surface area contributed by atoms with Crippen LogP contribution in [-0.4, -0.2) is 60.4 Å². The molecule has 1 atom stereocenters. The van der Waals surface area contributed by atoms with Gasteiger partial charge in [-0.05, 0) is 63.4 Å². The van der Waals surface area contributed by atoms with Gasteiger partial charge in [0.25, 0.3) is 5.91 Å². The van der Waals surface area contributed by atoms with Crippen molar-refractivity contribution in [3.8, 4) is 17.6 Å². The predicted octanol–water partition coefficient (Wildman–Crippen LogP) is 4.40. The minimum atomic E-state index is -0.762. The molecule has 190 valence electrons. The first-order chi connectivity index (χ1) is 16.8. The van der Waals surface area contributed by atoms with Gasteiger partial charge in [-0.15, -0.1) is 0 Å². The van der Waals surface area contributed by atoms with E-state index in [0.717, 1.165) is 25.0 Å². The lowest BCUT2D eigenvalue weighted by Gasteiger charge is -2.28. The van der Waals surface area contributed by atoms with Crippen molar-refractivity contribution in [3.63, 3.8) is 0 Å². The molecule has 2 rings (SSSR count). The monoisotopic (exact) mass is 481 g/mol. The molecule has 1 unspecified atom stereocenters. The number of aliphatic hydroxyl groups is 1. The quantitative estimate of drug-likeness (QED) is 0.392. The summed E-state index contributed by atoms with van der Waals surface area (Å²) >= 11 is 0. The van der Waals surface area contributed by atoms with Crippen LogP contribution in [0.25, 0.3) is 0 Å². The Balaban J connectivity index is 1.85. The summed E-state index contributed by atoms with van der Waals surface area (Å²) in [5.41, 5.74) is 0.512. The lowest BCUT2D eigenvalue weighted by atomic mass is 10.0. The largest absolute Gasteiger partial charge is 0.494 e. The number of hydrogen-bond acceptors (Lipinski definition) is 6. The molecule has 0 spiro atoms. The zero-order valence-electron chi connectivity index (χ0n) is 21.4. The Bertz CT molecular complexity index is 950. The molecule has 0 fully saturated rings. The van der Waals surface area contributed by atoms with E-state index in [9.17, 15) is 15.2 Å². The molecule has 0 aliphatic rings. The Morgan fingerprint density at radius 2 is 1.80 bits per heavy atom. The predicted molar refractivity (Wildman–Crippen MR) is 138 cm³/mol. The van der Waals surface area contributed by atoms with Crippen LogP contribution in [0.5, 0.6) is 11.5 Å². The van der Waals surface area contributed by atoms with E-state index in [2.05, 4.69) is 25.2 Å². The maximum atomic E-state index is 12.8. The van der Waals surface area contributed by atoms with Crippen molar-refractivity contribution in [1.29, 1.82) is 5.26 Å². The van der Waals surface area contributed by atoms with Gasteiger partial charge in [0.15, 0.2) is 0 Å². The first-order valence-electron chi connectivity index (χ1n) is 12.4. The van der Waals surface area contributed by atoms with Gasteiger partial charge in [0.05, 0.1) is 12.2 Å². The number of ether oxygens (including phenoxy) is 2. The van der Waals surface area contributed by atoms with E-state index < -0.39 is 6.10 Å². The molecule has 35 heavy (non-hydrogen) atoms. The molecular weight excluding hydrogens is 442 g/mol. The van der Waals surface area contributed by atoms with Crippen LogP contribution in [0.15, 0.2) is 48.5 Å². The Labute approximate surface area is 209 Å². The van der Waals surface area contributed by atoms with E-state index in [4.69, 9.17) is 9.47 Å². The molecule has 0 aromatic heterocycles. The highest BCUT2D eigenvalue weighted by molar-refractivity contribution is 5.94. The molecular formula is C28H39N3O4. The summed E-state index contributed by atoms with van der Waals surface area (Å²) in [6.45, 7) is 10.5. The molecule has 1 amide bonds. The van der Waals surface area contributed by atoms with Gasteiger partial charge in [-0.3, -0.25) is 4.79 Å². The second-order valence-electron chi connectivity index (χ2n) is 9.26. The minimum Gasteiger partial charge on any atom is -0.494 e. The fourth-order valence-corrected chi connectivity index (χ4v) is 3.58. The van der Waals surface area contributed by atoms with Crippen molar-refractivity contribution < 1.29 is 19.4 Å². The smallest absolute Gasteiger partial charge is 0.253 e. The number of carbonyl (C=O) groups is 1. The number of nitriles is 1. The van der Waals surface area contributed by atoms with Gasteiger partial charge >= 0.3 is 0 Å². The molecule has 0 aliphatic carbocycles. The van der Waals surface area contributed by atoms with E-state index in [1.54, 1.807) is 23.1 Å². The maximum absolute atomic E-state index is 12.8. The number of benzene rings is 2. The van der Waals surface area contributed by atoms with Gasteiger partial charge < -0.3 is 24.8 Å². The average molecular weight is 482 g/mol. The zero-order valence-corrected chi connectivity index (χ0v) is 21.4. The van der Waals surface area contributed by atoms with E-state index in [1.807, 2.05) is 44.2 Å². The highest BCUT2D eigenvalue weighted by atomic mass is 16.5. The first-order valence-corrected chi connectivity index (χ1v) is 12.4. The molecule has 0 radical (unpaired) electrons. The van der Waals surface area contributed by atoms with Crippen LogP contribution in [0.2, 0.25) is 0 Å². The van der Waals surface area contributed by atoms with Crippen molar-refractivity contribution in [1.82, 2.24) is 10.2 Å². The lowest BCUT2D eigenvalue weighted by Crippen LogP contribution is -2.45. The van der Waals surface area contributed by atoms with Crippen LogP contribution in [0.4, 0.5) is 0 Å². The number of para-hydroxylation sites is 1. The highest BCUT2D eigenvalue weighted by Gasteiger charge is 2.20. The standard InChI is InChI=1S/C28H39N3O4/c1-5-15-31(16-6-2)27(33)22-12-13-26(23(18-22)19-29)35-21-24(32)20-30-28(3,4)14-17-34-25-10-8-7-9-11-25/h7-13,18,24,30,32H,5-6,14-17,20-21H2,1-4H3. The molecule has 0 saturated carbocycles. The highest BCUT2D eigenvalue weighted by Crippen LogP contribution is 2.21. The number of carbonyl (C=O) groups excluding carboxylic acids is 1. The topological polar surface area (TPSA) is 94.8 Å². The number of nitrogens with one attached hydrogen (secondary N) is 1. The molecule has 0 heterocycles. The van der Waals surface area contributed by atoms with Gasteiger partial charge in [-0.25, -0.2) is 0 Å². The molecule has 0 saturated heterocycles. The van der Waals surface area contributed by atoms with Crippen molar-refractivity contribution >= 4 is 5.91 Å². The Hall–Kier alpha value is -3.08. The van der Waals surface area contributed by atoms with Crippen molar-refractivity contribution in [2.75, 3.05) is 32.8 Å². The molecule has 7 nitrogen and oxygen atoms in total. The van der Waals surface area contributed by atoms with E-state index >= 15 is 0 Å². The molecule has 0 aliphatic heterocycles. The fraction of sp³-hybridized carbons (Fsp3) is 0.500. The van der Waals surface area contributed by atoms with Crippen LogP contribution < -0.4 is 14.8 Å². The fourth-order valence-electron chi connectivity index (χ4n) is 3.58. The minimum absolute atomic E-state index is 0.0311. The molecule has 2 aromatic carbocycles. The molecule has 0 bridgehead atoms. The Morgan fingerprint density at radius 3 is 2.43 bits per heavy atom. The third-order valence-corrected chi connectivity index (χ3v) is 5.61. The number of aliphatic hydroxyl groups excluding tert-OH is 1. The lowest BCUT2D eigenvalue weighted by molar-refractivity contribution is 0.0755. The summed E-state index contributed by atoms with van der Waals surface area (Å²) in [6, 6.07) is 16.6. The number of hydrogen-bond donors (Lipinski definition) is 2. The second-order valence-corrected chi connectivity index (χ2v) is 9.26. The number of rotatable bonds is 15. The summed E-state index contributed by atoms with van der Waals surface area (Å²) < 4.78 is 11.5. The zero-order chi connectivity index (χ0) is 25.7. The Kier molecular flexibility index (Phi) is 11.5. The normalized spacial score (nSPS) is 12.0. The third kappa shape index (κ3) is 9.59. The van der Waals surface area contributed by atoms with Crippen LogP contribution in [0.1, 0.15) is 62.9 Å². The van der Waals surface area contributed by atoms with Gasteiger partial charge in [0.2, 0.25) is 0 Å². The summed E-state index contributed by atoms with van der Waals surface area (Å²) in [4.78, 5) is 14.6.